The van der Waals surface area contributed by atoms with E-state index in [1.165, 1.54) is 23.5 Å². The average Bonchev–Trinajstić information content (AvgIpc) is 2.97. The van der Waals surface area contributed by atoms with Crippen molar-refractivity contribution in [2.24, 2.45) is 4.99 Å². The molecule has 9 heteroatoms. The van der Waals surface area contributed by atoms with Crippen LogP contribution in [0.3, 0.4) is 0 Å². The van der Waals surface area contributed by atoms with Crippen molar-refractivity contribution in [1.29, 1.82) is 0 Å². The van der Waals surface area contributed by atoms with Crippen LogP contribution in [-0.4, -0.2) is 38.4 Å². The zero-order valence-electron chi connectivity index (χ0n) is 15.4. The molecule has 1 aromatic heterocycles. The summed E-state index contributed by atoms with van der Waals surface area (Å²) in [4.78, 5) is 17.6. The number of amides is 1. The highest BCUT2D eigenvalue weighted by Crippen LogP contribution is 2.23. The van der Waals surface area contributed by atoms with E-state index in [9.17, 15) is 13.2 Å². The normalized spacial score (nSPS) is 12.6. The van der Waals surface area contributed by atoms with Gasteiger partial charge in [0.05, 0.1) is 27.3 Å². The second-order valence-corrected chi connectivity index (χ2v) is 9.94. The Bertz CT molecular complexity index is 1200. The number of halogens is 1. The maximum atomic E-state index is 12.8. The molecule has 0 aliphatic carbocycles. The highest BCUT2D eigenvalue weighted by Gasteiger charge is 2.18. The minimum atomic E-state index is -3.54. The van der Waals surface area contributed by atoms with Gasteiger partial charge in [-0.15, -0.1) is 0 Å². The number of sulfone groups is 1. The molecule has 1 amide bonds. The number of benzene rings is 2. The molecule has 1 heterocycles. The number of thiazole rings is 1. The van der Waals surface area contributed by atoms with E-state index in [0.29, 0.717) is 24.6 Å². The van der Waals surface area contributed by atoms with Crippen LogP contribution in [-0.2, 0) is 21.1 Å². The molecule has 0 spiro atoms. The molecule has 3 rings (SSSR count). The number of carbonyl (C=O) groups excluding carboxylic acids is 1. The molecule has 0 atom stereocenters. The number of hydrogen-bond donors (Lipinski definition) is 0. The number of ether oxygens (including phenoxy) is 1. The maximum Gasteiger partial charge on any atom is 0.280 e. The van der Waals surface area contributed by atoms with Crippen LogP contribution in [0.4, 0.5) is 0 Å². The first-order chi connectivity index (χ1) is 13.3. The topological polar surface area (TPSA) is 77.7 Å². The van der Waals surface area contributed by atoms with E-state index >= 15 is 0 Å². The summed E-state index contributed by atoms with van der Waals surface area (Å²) >= 11 is 4.83. The molecule has 0 saturated carbocycles. The molecule has 0 radical (unpaired) electrons. The molecule has 0 unspecified atom stereocenters. The Morgan fingerprint density at radius 1 is 1.25 bits per heavy atom. The van der Waals surface area contributed by atoms with Gasteiger partial charge in [0.25, 0.3) is 5.91 Å². The van der Waals surface area contributed by atoms with Crippen molar-refractivity contribution in [3.05, 3.63) is 57.3 Å². The number of fused-ring (bicyclic) bond motifs is 1. The Morgan fingerprint density at radius 2 is 2.00 bits per heavy atom. The predicted octanol–water partition coefficient (Wildman–Crippen LogP) is 3.65. The molecule has 0 fully saturated rings. The number of rotatable bonds is 6. The fourth-order valence-electron chi connectivity index (χ4n) is 2.76. The van der Waals surface area contributed by atoms with Crippen molar-refractivity contribution >= 4 is 53.2 Å². The van der Waals surface area contributed by atoms with Gasteiger partial charge in [-0.1, -0.05) is 39.4 Å². The van der Waals surface area contributed by atoms with Crippen LogP contribution in [0.25, 0.3) is 10.2 Å². The quantitative estimate of drug-likeness (QED) is 0.502. The van der Waals surface area contributed by atoms with Gasteiger partial charge >= 0.3 is 0 Å². The van der Waals surface area contributed by atoms with Gasteiger partial charge in [0.2, 0.25) is 0 Å². The lowest BCUT2D eigenvalue weighted by Crippen LogP contribution is -2.20. The summed E-state index contributed by atoms with van der Waals surface area (Å²) in [6, 6.07) is 12.0. The predicted molar refractivity (Wildman–Crippen MR) is 113 cm³/mol. The Labute approximate surface area is 175 Å². The number of aromatic nitrogens is 1. The van der Waals surface area contributed by atoms with E-state index in [2.05, 4.69) is 20.9 Å². The molecule has 0 N–H and O–H groups in total. The highest BCUT2D eigenvalue weighted by molar-refractivity contribution is 9.10. The van der Waals surface area contributed by atoms with Crippen molar-refractivity contribution in [1.82, 2.24) is 4.57 Å². The van der Waals surface area contributed by atoms with E-state index in [0.717, 1.165) is 20.9 Å². The van der Waals surface area contributed by atoms with Crippen LogP contribution in [0.1, 0.15) is 17.3 Å². The van der Waals surface area contributed by atoms with Crippen LogP contribution < -0.4 is 4.80 Å². The minimum Gasteiger partial charge on any atom is -0.380 e. The molecule has 0 bridgehead atoms. The van der Waals surface area contributed by atoms with Gasteiger partial charge < -0.3 is 9.30 Å². The van der Waals surface area contributed by atoms with Crippen LogP contribution >= 0.6 is 27.3 Å². The molecule has 0 saturated heterocycles. The first kappa shape index (κ1) is 20.9. The summed E-state index contributed by atoms with van der Waals surface area (Å²) in [5.41, 5.74) is 1.01. The summed E-state index contributed by atoms with van der Waals surface area (Å²) in [7, 11) is -3.54. The lowest BCUT2D eigenvalue weighted by Gasteiger charge is -2.06. The summed E-state index contributed by atoms with van der Waals surface area (Å²) in [5.74, 6) is -0.586. The van der Waals surface area contributed by atoms with Gasteiger partial charge in [-0.05, 0) is 37.3 Å². The zero-order chi connectivity index (χ0) is 20.3. The van der Waals surface area contributed by atoms with E-state index in [-0.39, 0.29) is 10.5 Å². The van der Waals surface area contributed by atoms with Crippen LogP contribution in [0.15, 0.2) is 56.8 Å². The first-order valence-electron chi connectivity index (χ1n) is 8.56. The van der Waals surface area contributed by atoms with E-state index < -0.39 is 15.7 Å². The molecule has 148 valence electrons. The van der Waals surface area contributed by atoms with Crippen molar-refractivity contribution in [2.45, 2.75) is 18.4 Å². The highest BCUT2D eigenvalue weighted by atomic mass is 79.9. The summed E-state index contributed by atoms with van der Waals surface area (Å²) in [5, 5.41) is 0. The monoisotopic (exact) mass is 482 g/mol. The number of hydrogen-bond acceptors (Lipinski definition) is 5. The van der Waals surface area contributed by atoms with Crippen LogP contribution in [0.2, 0.25) is 0 Å². The Morgan fingerprint density at radius 3 is 2.71 bits per heavy atom. The largest absolute Gasteiger partial charge is 0.380 e. The van der Waals surface area contributed by atoms with Crippen LogP contribution in [0.5, 0.6) is 0 Å². The summed E-state index contributed by atoms with van der Waals surface area (Å²) in [6.45, 7) is 3.54. The molecule has 6 nitrogen and oxygen atoms in total. The third kappa shape index (κ3) is 4.60. The van der Waals surface area contributed by atoms with E-state index in [1.807, 2.05) is 29.7 Å². The number of nitrogens with zero attached hydrogens (tertiary/aromatic N) is 2. The van der Waals surface area contributed by atoms with Gasteiger partial charge in [-0.25, -0.2) is 8.42 Å². The number of carbonyl (C=O) groups is 1. The summed E-state index contributed by atoms with van der Waals surface area (Å²) < 4.78 is 33.3. The van der Waals surface area contributed by atoms with Gasteiger partial charge in [-0.2, -0.15) is 4.99 Å². The SMILES string of the molecule is CCOCCn1c(=NC(=O)c2ccccc2S(C)(=O)=O)sc2cc(Br)ccc21. The zero-order valence-corrected chi connectivity index (χ0v) is 18.6. The van der Waals surface area contributed by atoms with Crippen molar-refractivity contribution < 1.29 is 17.9 Å². The second-order valence-electron chi connectivity index (χ2n) is 6.03. The standard InChI is InChI=1S/C19H19BrN2O4S2/c1-3-26-11-10-22-15-9-8-13(20)12-16(15)27-19(22)21-18(23)14-6-4-5-7-17(14)28(2,24)25/h4-9,12H,3,10-11H2,1-2H3. The molecule has 2 aromatic carbocycles. The summed E-state index contributed by atoms with van der Waals surface area (Å²) in [6.07, 6.45) is 1.08. The van der Waals surface area contributed by atoms with Gasteiger partial charge in [0, 0.05) is 23.9 Å². The van der Waals surface area contributed by atoms with E-state index in [4.69, 9.17) is 4.74 Å². The molecule has 0 aliphatic rings. The molecule has 3 aromatic rings. The average molecular weight is 483 g/mol. The Kier molecular flexibility index (Phi) is 6.49. The fraction of sp³-hybridized carbons (Fsp3) is 0.263. The molecular formula is C19H19BrN2O4S2. The van der Waals surface area contributed by atoms with Crippen LogP contribution in [0, 0.1) is 0 Å². The van der Waals surface area contributed by atoms with Gasteiger partial charge in [0.1, 0.15) is 0 Å². The maximum absolute atomic E-state index is 12.8. The van der Waals surface area contributed by atoms with Gasteiger partial charge in [-0.3, -0.25) is 4.79 Å². The third-order valence-corrected chi connectivity index (χ3v) is 6.71. The Hall–Kier alpha value is -1.81. The smallest absolute Gasteiger partial charge is 0.280 e. The lowest BCUT2D eigenvalue weighted by molar-refractivity contribution is 0.0993. The third-order valence-electron chi connectivity index (χ3n) is 4.02. The molecular weight excluding hydrogens is 464 g/mol. The van der Waals surface area contributed by atoms with Crippen molar-refractivity contribution in [2.75, 3.05) is 19.5 Å². The minimum absolute atomic E-state index is 0.0199. The second kappa shape index (κ2) is 8.69. The Balaban J connectivity index is 2.13. The molecule has 28 heavy (non-hydrogen) atoms. The molecule has 0 aliphatic heterocycles. The van der Waals surface area contributed by atoms with Gasteiger partial charge in [0.15, 0.2) is 14.6 Å². The first-order valence-corrected chi connectivity index (χ1v) is 12.1. The van der Waals surface area contributed by atoms with Crippen molar-refractivity contribution in [3.63, 3.8) is 0 Å². The van der Waals surface area contributed by atoms with Crippen molar-refractivity contribution in [3.8, 4) is 0 Å². The fourth-order valence-corrected chi connectivity index (χ4v) is 5.25. The van der Waals surface area contributed by atoms with E-state index in [1.54, 1.807) is 12.1 Å². The lowest BCUT2D eigenvalue weighted by atomic mass is 10.2.